The van der Waals surface area contributed by atoms with Crippen molar-refractivity contribution in [3.05, 3.63) is 0 Å². The zero-order valence-electron chi connectivity index (χ0n) is 15.7. The van der Waals surface area contributed by atoms with Crippen LogP contribution in [0.1, 0.15) is 60.8 Å². The van der Waals surface area contributed by atoms with Gasteiger partial charge in [-0.2, -0.15) is 0 Å². The van der Waals surface area contributed by atoms with Gasteiger partial charge in [-0.3, -0.25) is 0 Å². The van der Waals surface area contributed by atoms with E-state index >= 15 is 0 Å². The maximum absolute atomic E-state index is 9.36. The van der Waals surface area contributed by atoms with Crippen LogP contribution in [0.2, 0.25) is 0 Å². The molecule has 1 atom stereocenters. The van der Waals surface area contributed by atoms with Gasteiger partial charge in [0, 0.05) is 29.3 Å². The minimum absolute atomic E-state index is 0.0171. The molecule has 0 saturated carbocycles. The van der Waals surface area contributed by atoms with Gasteiger partial charge in [-0.1, -0.05) is 6.92 Å². The van der Waals surface area contributed by atoms with Crippen molar-refractivity contribution in [1.82, 2.24) is 5.32 Å². The first-order valence-electron chi connectivity index (χ1n) is 8.84. The number of nitrogens with one attached hydrogen (secondary N) is 1. The second kappa shape index (κ2) is 6.60. The molecule has 0 aromatic heterocycles. The molecule has 0 bridgehead atoms. The van der Waals surface area contributed by atoms with Gasteiger partial charge < -0.3 is 24.6 Å². The number of piperidine rings is 1. The molecule has 5 nitrogen and oxygen atoms in total. The van der Waals surface area contributed by atoms with Crippen molar-refractivity contribution in [3.8, 4) is 0 Å². The fraction of sp³-hybridized carbons (Fsp3) is 1.00. The monoisotopic (exact) mass is 329 g/mol. The smallest absolute Gasteiger partial charge is 0.171 e. The maximum atomic E-state index is 9.36. The lowest BCUT2D eigenvalue weighted by atomic mass is 9.77. The Bertz CT molecular complexity index is 380. The fourth-order valence-electron chi connectivity index (χ4n) is 4.11. The summed E-state index contributed by atoms with van der Waals surface area (Å²) in [5, 5.41) is 13.0. The lowest BCUT2D eigenvalue weighted by Gasteiger charge is -2.55. The van der Waals surface area contributed by atoms with E-state index in [1.54, 1.807) is 6.92 Å². The normalized spacial score (nSPS) is 29.3. The topological polar surface area (TPSA) is 60.0 Å². The van der Waals surface area contributed by atoms with Crippen LogP contribution in [0.3, 0.4) is 0 Å². The Kier molecular flexibility index (Phi) is 5.49. The van der Waals surface area contributed by atoms with Crippen LogP contribution in [0.5, 0.6) is 0 Å². The molecule has 2 heterocycles. The van der Waals surface area contributed by atoms with Crippen LogP contribution in [0, 0.1) is 5.41 Å². The third-order valence-corrected chi connectivity index (χ3v) is 4.90. The van der Waals surface area contributed by atoms with Crippen LogP contribution in [0.4, 0.5) is 0 Å². The molecule has 5 heteroatoms. The third kappa shape index (κ3) is 4.89. The summed E-state index contributed by atoms with van der Waals surface area (Å²) in [6.07, 6.45) is 2.19. The molecule has 2 rings (SSSR count). The lowest BCUT2D eigenvalue weighted by molar-refractivity contribution is -0.333. The predicted molar refractivity (Wildman–Crippen MR) is 90.4 cm³/mol. The Morgan fingerprint density at radius 3 is 2.04 bits per heavy atom. The van der Waals surface area contributed by atoms with Crippen LogP contribution >= 0.6 is 0 Å². The number of rotatable bonds is 5. The Hall–Kier alpha value is -0.200. The molecule has 2 aliphatic heterocycles. The lowest BCUT2D eigenvalue weighted by Crippen LogP contribution is -2.67. The van der Waals surface area contributed by atoms with Crippen LogP contribution in [-0.4, -0.2) is 54.5 Å². The predicted octanol–water partition coefficient (Wildman–Crippen LogP) is 2.46. The van der Waals surface area contributed by atoms with E-state index in [1.807, 2.05) is 0 Å². The highest BCUT2D eigenvalue weighted by Crippen LogP contribution is 2.44. The van der Waals surface area contributed by atoms with E-state index in [0.29, 0.717) is 26.4 Å². The quantitative estimate of drug-likeness (QED) is 0.811. The Morgan fingerprint density at radius 1 is 1.09 bits per heavy atom. The summed E-state index contributed by atoms with van der Waals surface area (Å²) in [6.45, 7) is 14.9. The van der Waals surface area contributed by atoms with Crippen LogP contribution < -0.4 is 5.32 Å². The molecule has 23 heavy (non-hydrogen) atoms. The highest BCUT2D eigenvalue weighted by Gasteiger charge is 2.53. The number of hydrogen-bond donors (Lipinski definition) is 2. The zero-order chi connectivity index (χ0) is 17.4. The van der Waals surface area contributed by atoms with Gasteiger partial charge in [-0.05, 0) is 41.0 Å². The molecule has 0 amide bonds. The molecule has 2 saturated heterocycles. The first-order chi connectivity index (χ1) is 10.5. The first kappa shape index (κ1) is 19.1. The first-order valence-corrected chi connectivity index (χ1v) is 8.84. The average Bonchev–Trinajstić information content (AvgIpc) is 2.37. The number of ether oxygens (including phenoxy) is 3. The van der Waals surface area contributed by atoms with E-state index in [1.165, 1.54) is 0 Å². The van der Waals surface area contributed by atoms with E-state index in [-0.39, 0.29) is 16.5 Å². The minimum Gasteiger partial charge on any atom is -0.391 e. The van der Waals surface area contributed by atoms with Crippen LogP contribution in [0.25, 0.3) is 0 Å². The van der Waals surface area contributed by atoms with Crippen LogP contribution in [0.15, 0.2) is 0 Å². The van der Waals surface area contributed by atoms with Crippen molar-refractivity contribution in [2.75, 3.05) is 26.4 Å². The van der Waals surface area contributed by atoms with E-state index in [4.69, 9.17) is 14.2 Å². The van der Waals surface area contributed by atoms with Gasteiger partial charge in [0.2, 0.25) is 0 Å². The SMILES string of the molecule is CCC1(COCC(C)O)COC2(CC(C)(C)NC(C)(C)C2)OC1. The van der Waals surface area contributed by atoms with Crippen molar-refractivity contribution in [3.63, 3.8) is 0 Å². The number of hydrogen-bond acceptors (Lipinski definition) is 5. The molecular formula is C18H35NO4. The molecule has 2 N–H and O–H groups in total. The number of aliphatic hydroxyl groups is 1. The number of aliphatic hydroxyl groups excluding tert-OH is 1. The van der Waals surface area contributed by atoms with Gasteiger partial charge in [-0.25, -0.2) is 0 Å². The van der Waals surface area contributed by atoms with E-state index < -0.39 is 11.9 Å². The standard InChI is InChI=1S/C18H35NO4/c1-7-17(11-21-8-14(2)20)12-22-18(23-13-17)9-15(3,4)19-16(5,6)10-18/h14,19-20H,7-13H2,1-6H3. The van der Waals surface area contributed by atoms with Crippen molar-refractivity contribution in [1.29, 1.82) is 0 Å². The average molecular weight is 329 g/mol. The van der Waals surface area contributed by atoms with Crippen molar-refractivity contribution < 1.29 is 19.3 Å². The third-order valence-electron chi connectivity index (χ3n) is 4.90. The second-order valence-electron chi connectivity index (χ2n) is 8.95. The molecule has 136 valence electrons. The molecule has 0 radical (unpaired) electrons. The van der Waals surface area contributed by atoms with Gasteiger partial charge in [0.05, 0.1) is 32.5 Å². The molecule has 1 spiro atoms. The Balaban J connectivity index is 2.00. The Labute approximate surface area is 141 Å². The maximum Gasteiger partial charge on any atom is 0.171 e. The summed E-state index contributed by atoms with van der Waals surface area (Å²) in [4.78, 5) is 0. The van der Waals surface area contributed by atoms with E-state index in [2.05, 4.69) is 39.9 Å². The molecular weight excluding hydrogens is 294 g/mol. The van der Waals surface area contributed by atoms with Gasteiger partial charge >= 0.3 is 0 Å². The summed E-state index contributed by atoms with van der Waals surface area (Å²) >= 11 is 0. The Morgan fingerprint density at radius 2 is 1.61 bits per heavy atom. The van der Waals surface area contributed by atoms with Crippen molar-refractivity contribution in [2.45, 2.75) is 83.8 Å². The summed E-state index contributed by atoms with van der Waals surface area (Å²) in [7, 11) is 0. The fourth-order valence-corrected chi connectivity index (χ4v) is 4.11. The largest absolute Gasteiger partial charge is 0.391 e. The summed E-state index contributed by atoms with van der Waals surface area (Å²) in [5.41, 5.74) is -0.146. The molecule has 0 aromatic rings. The highest BCUT2D eigenvalue weighted by molar-refractivity contribution is 5.03. The minimum atomic E-state index is -0.499. The van der Waals surface area contributed by atoms with Crippen LogP contribution in [-0.2, 0) is 14.2 Å². The highest BCUT2D eigenvalue weighted by atomic mass is 16.7. The molecule has 2 aliphatic rings. The summed E-state index contributed by atoms with van der Waals surface area (Å²) < 4.78 is 18.3. The van der Waals surface area contributed by atoms with Gasteiger partial charge in [-0.15, -0.1) is 0 Å². The molecule has 0 aliphatic carbocycles. The van der Waals surface area contributed by atoms with E-state index in [0.717, 1.165) is 19.3 Å². The van der Waals surface area contributed by atoms with E-state index in [9.17, 15) is 5.11 Å². The summed E-state index contributed by atoms with van der Waals surface area (Å²) in [5.74, 6) is -0.499. The van der Waals surface area contributed by atoms with Gasteiger partial charge in [0.15, 0.2) is 5.79 Å². The van der Waals surface area contributed by atoms with Gasteiger partial charge in [0.1, 0.15) is 0 Å². The van der Waals surface area contributed by atoms with Crippen molar-refractivity contribution >= 4 is 0 Å². The molecule has 0 aromatic carbocycles. The molecule has 2 fully saturated rings. The van der Waals surface area contributed by atoms with Crippen molar-refractivity contribution in [2.24, 2.45) is 5.41 Å². The van der Waals surface area contributed by atoms with Gasteiger partial charge in [0.25, 0.3) is 0 Å². The zero-order valence-corrected chi connectivity index (χ0v) is 15.7. The summed E-state index contributed by atoms with van der Waals surface area (Å²) in [6, 6.07) is 0. The second-order valence-corrected chi connectivity index (χ2v) is 8.95. The molecule has 1 unspecified atom stereocenters.